The van der Waals surface area contributed by atoms with Crippen molar-refractivity contribution in [3.8, 4) is 0 Å². The number of imide groups is 1. The monoisotopic (exact) mass is 244 g/mol. The minimum atomic E-state index is -0.703. The zero-order valence-corrected chi connectivity index (χ0v) is 10.1. The topological polar surface area (TPSA) is 81.1 Å². The van der Waals surface area contributed by atoms with Crippen molar-refractivity contribution in [3.05, 3.63) is 0 Å². The number of nitrogens with zero attached hydrogens (tertiary/aromatic N) is 2. The number of rotatable bonds is 6. The van der Waals surface area contributed by atoms with Gasteiger partial charge in [0.25, 0.3) is 0 Å². The molecular formula is C11H20N2O4. The molecule has 0 spiro atoms. The summed E-state index contributed by atoms with van der Waals surface area (Å²) in [5, 5.41) is 17.8. The average Bonchev–Trinajstić information content (AvgIpc) is 2.32. The molecule has 0 bridgehead atoms. The zero-order valence-electron chi connectivity index (χ0n) is 10.1. The van der Waals surface area contributed by atoms with Gasteiger partial charge in [0, 0.05) is 26.6 Å². The first kappa shape index (κ1) is 13.9. The molecule has 1 aliphatic heterocycles. The quantitative estimate of drug-likeness (QED) is 0.634. The van der Waals surface area contributed by atoms with E-state index in [-0.39, 0.29) is 18.5 Å². The van der Waals surface area contributed by atoms with E-state index < -0.39 is 6.10 Å². The first-order valence-corrected chi connectivity index (χ1v) is 5.90. The molecule has 1 atom stereocenters. The van der Waals surface area contributed by atoms with Crippen molar-refractivity contribution in [2.75, 3.05) is 26.7 Å². The van der Waals surface area contributed by atoms with Crippen molar-refractivity contribution in [3.63, 3.8) is 0 Å². The van der Waals surface area contributed by atoms with Crippen LogP contribution in [0.4, 0.5) is 4.79 Å². The predicted molar refractivity (Wildman–Crippen MR) is 61.3 cm³/mol. The van der Waals surface area contributed by atoms with Crippen LogP contribution in [0.25, 0.3) is 0 Å². The van der Waals surface area contributed by atoms with Crippen LogP contribution in [0.1, 0.15) is 25.7 Å². The number of aliphatic hydroxyl groups excluding tert-OH is 2. The van der Waals surface area contributed by atoms with Gasteiger partial charge in [0.15, 0.2) is 0 Å². The van der Waals surface area contributed by atoms with E-state index >= 15 is 0 Å². The van der Waals surface area contributed by atoms with E-state index in [1.54, 1.807) is 7.05 Å². The highest BCUT2D eigenvalue weighted by Gasteiger charge is 2.28. The third-order valence-corrected chi connectivity index (χ3v) is 2.90. The third kappa shape index (κ3) is 3.98. The summed E-state index contributed by atoms with van der Waals surface area (Å²) in [6.07, 6.45) is 1.50. The molecule has 1 rings (SSSR count). The van der Waals surface area contributed by atoms with E-state index in [1.807, 2.05) is 0 Å². The van der Waals surface area contributed by atoms with Gasteiger partial charge in [0.05, 0.1) is 12.7 Å². The van der Waals surface area contributed by atoms with Crippen LogP contribution in [0.3, 0.4) is 0 Å². The Hall–Kier alpha value is -1.14. The van der Waals surface area contributed by atoms with E-state index in [0.29, 0.717) is 38.8 Å². The van der Waals surface area contributed by atoms with E-state index in [0.717, 1.165) is 0 Å². The van der Waals surface area contributed by atoms with Gasteiger partial charge in [-0.15, -0.1) is 0 Å². The van der Waals surface area contributed by atoms with Gasteiger partial charge in [-0.1, -0.05) is 0 Å². The Balaban J connectivity index is 2.29. The van der Waals surface area contributed by atoms with Gasteiger partial charge >= 0.3 is 6.03 Å². The number of aliphatic hydroxyl groups is 2. The van der Waals surface area contributed by atoms with Crippen LogP contribution in [0.5, 0.6) is 0 Å². The molecule has 0 aromatic carbocycles. The number of hydrogen-bond donors (Lipinski definition) is 2. The first-order chi connectivity index (χ1) is 8.06. The van der Waals surface area contributed by atoms with Crippen LogP contribution in [0.2, 0.25) is 0 Å². The number of hydrogen-bond acceptors (Lipinski definition) is 4. The summed E-state index contributed by atoms with van der Waals surface area (Å²) >= 11 is 0. The molecule has 1 aliphatic rings. The largest absolute Gasteiger partial charge is 0.394 e. The van der Waals surface area contributed by atoms with Crippen LogP contribution in [-0.4, -0.2) is 64.8 Å². The normalized spacial score (nSPS) is 18.8. The fourth-order valence-corrected chi connectivity index (χ4v) is 1.77. The first-order valence-electron chi connectivity index (χ1n) is 5.90. The highest BCUT2D eigenvalue weighted by atomic mass is 16.3. The Morgan fingerprint density at radius 3 is 2.71 bits per heavy atom. The van der Waals surface area contributed by atoms with Crippen LogP contribution in [0.15, 0.2) is 0 Å². The van der Waals surface area contributed by atoms with E-state index in [4.69, 9.17) is 10.2 Å². The maximum Gasteiger partial charge on any atom is 0.326 e. The second-order valence-corrected chi connectivity index (χ2v) is 4.33. The molecule has 17 heavy (non-hydrogen) atoms. The molecule has 6 nitrogen and oxygen atoms in total. The van der Waals surface area contributed by atoms with Gasteiger partial charge in [0.2, 0.25) is 5.91 Å². The van der Waals surface area contributed by atoms with Gasteiger partial charge in [-0.25, -0.2) is 4.79 Å². The van der Waals surface area contributed by atoms with Gasteiger partial charge in [-0.05, 0) is 19.3 Å². The summed E-state index contributed by atoms with van der Waals surface area (Å²) in [5.74, 6) is -0.129. The molecular weight excluding hydrogens is 224 g/mol. The Kier molecular flexibility index (Phi) is 5.37. The van der Waals surface area contributed by atoms with E-state index in [1.165, 1.54) is 9.80 Å². The van der Waals surface area contributed by atoms with Crippen molar-refractivity contribution >= 4 is 11.9 Å². The molecule has 2 N–H and O–H groups in total. The summed E-state index contributed by atoms with van der Waals surface area (Å²) < 4.78 is 0. The molecule has 6 heteroatoms. The molecule has 1 unspecified atom stereocenters. The smallest absolute Gasteiger partial charge is 0.326 e. The van der Waals surface area contributed by atoms with Crippen molar-refractivity contribution < 1.29 is 19.8 Å². The molecule has 0 saturated carbocycles. The maximum atomic E-state index is 11.7. The van der Waals surface area contributed by atoms with E-state index in [9.17, 15) is 9.59 Å². The van der Waals surface area contributed by atoms with E-state index in [2.05, 4.69) is 0 Å². The fraction of sp³-hybridized carbons (Fsp3) is 0.818. The number of urea groups is 1. The van der Waals surface area contributed by atoms with Crippen LogP contribution < -0.4 is 0 Å². The highest BCUT2D eigenvalue weighted by molar-refractivity contribution is 5.96. The molecule has 0 aromatic rings. The Morgan fingerprint density at radius 1 is 1.35 bits per heavy atom. The Bertz CT molecular complexity index is 283. The molecule has 0 aromatic heterocycles. The average molecular weight is 244 g/mol. The number of amides is 3. The Morgan fingerprint density at radius 2 is 2.06 bits per heavy atom. The van der Waals surface area contributed by atoms with Crippen LogP contribution in [0, 0.1) is 0 Å². The summed E-state index contributed by atoms with van der Waals surface area (Å²) in [6, 6.07) is -0.246. The summed E-state index contributed by atoms with van der Waals surface area (Å²) in [5.41, 5.74) is 0. The minimum absolute atomic E-state index is 0.129. The Labute approximate surface area is 101 Å². The SMILES string of the molecule is CN1CCC(=O)N(CCCCC(O)CO)C1=O. The van der Waals surface area contributed by atoms with Crippen molar-refractivity contribution in [1.82, 2.24) is 9.80 Å². The van der Waals surface area contributed by atoms with Crippen molar-refractivity contribution in [2.45, 2.75) is 31.8 Å². The van der Waals surface area contributed by atoms with Crippen molar-refractivity contribution in [1.29, 1.82) is 0 Å². The molecule has 98 valence electrons. The summed E-state index contributed by atoms with van der Waals surface area (Å²) in [6.45, 7) is 0.627. The summed E-state index contributed by atoms with van der Waals surface area (Å²) in [7, 11) is 1.68. The minimum Gasteiger partial charge on any atom is -0.394 e. The van der Waals surface area contributed by atoms with Gasteiger partial charge in [-0.3, -0.25) is 9.69 Å². The molecule has 0 aliphatic carbocycles. The fourth-order valence-electron chi connectivity index (χ4n) is 1.77. The van der Waals surface area contributed by atoms with Crippen LogP contribution >= 0.6 is 0 Å². The number of unbranched alkanes of at least 4 members (excludes halogenated alkanes) is 1. The lowest BCUT2D eigenvalue weighted by Gasteiger charge is -2.31. The molecule has 0 radical (unpaired) electrons. The molecule has 1 saturated heterocycles. The second kappa shape index (κ2) is 6.56. The number of carbonyl (C=O) groups excluding carboxylic acids is 2. The molecule has 1 fully saturated rings. The second-order valence-electron chi connectivity index (χ2n) is 4.33. The van der Waals surface area contributed by atoms with Gasteiger partial charge in [0.1, 0.15) is 0 Å². The highest BCUT2D eigenvalue weighted by Crippen LogP contribution is 2.11. The molecule has 1 heterocycles. The lowest BCUT2D eigenvalue weighted by Crippen LogP contribution is -2.50. The third-order valence-electron chi connectivity index (χ3n) is 2.90. The molecule has 3 amide bonds. The summed E-state index contributed by atoms with van der Waals surface area (Å²) in [4.78, 5) is 26.0. The lowest BCUT2D eigenvalue weighted by atomic mass is 10.1. The predicted octanol–water partition coefficient (Wildman–Crippen LogP) is -0.206. The van der Waals surface area contributed by atoms with Crippen molar-refractivity contribution in [2.24, 2.45) is 0 Å². The van der Waals surface area contributed by atoms with Crippen LogP contribution in [-0.2, 0) is 4.79 Å². The lowest BCUT2D eigenvalue weighted by molar-refractivity contribution is -0.130. The van der Waals surface area contributed by atoms with Gasteiger partial charge in [-0.2, -0.15) is 0 Å². The number of carbonyl (C=O) groups is 2. The standard InChI is InChI=1S/C11H20N2O4/c1-12-7-5-10(16)13(11(12)17)6-3-2-4-9(15)8-14/h9,14-15H,2-8H2,1H3. The zero-order chi connectivity index (χ0) is 12.8. The maximum absolute atomic E-state index is 11.7. The van der Waals surface area contributed by atoms with Gasteiger partial charge < -0.3 is 15.1 Å².